The lowest BCUT2D eigenvalue weighted by molar-refractivity contribution is -0.115. The van der Waals surface area contributed by atoms with Crippen LogP contribution in [0.4, 0.5) is 10.1 Å². The third-order valence-corrected chi connectivity index (χ3v) is 6.51. The Kier molecular flexibility index (Phi) is 6.23. The number of anilines is 1. The van der Waals surface area contributed by atoms with Gasteiger partial charge in [0.25, 0.3) is 0 Å². The van der Waals surface area contributed by atoms with Crippen molar-refractivity contribution < 1.29 is 14.0 Å². The fourth-order valence-corrected chi connectivity index (χ4v) is 4.44. The van der Waals surface area contributed by atoms with Gasteiger partial charge in [-0.3, -0.25) is 9.59 Å². The number of carbonyl (C=O) groups is 2. The first-order valence-electron chi connectivity index (χ1n) is 10.4. The summed E-state index contributed by atoms with van der Waals surface area (Å²) in [5, 5.41) is 2.93. The lowest BCUT2D eigenvalue weighted by Crippen LogP contribution is -2.21. The van der Waals surface area contributed by atoms with Crippen molar-refractivity contribution in [2.45, 2.75) is 36.5 Å². The highest BCUT2D eigenvalue weighted by Crippen LogP contribution is 2.50. The van der Waals surface area contributed by atoms with E-state index in [4.69, 9.17) is 0 Å². The molecule has 31 heavy (non-hydrogen) atoms. The Bertz CT molecular complexity index is 1070. The molecular weight excluding hydrogens is 409 g/mol. The minimum atomic E-state index is -0.529. The van der Waals surface area contributed by atoms with E-state index in [0.29, 0.717) is 17.7 Å². The van der Waals surface area contributed by atoms with Crippen molar-refractivity contribution in [3.63, 3.8) is 0 Å². The minimum absolute atomic E-state index is 0.0222. The van der Waals surface area contributed by atoms with Crippen LogP contribution in [0.5, 0.6) is 0 Å². The normalized spacial score (nSPS) is 14.1. The van der Waals surface area contributed by atoms with Gasteiger partial charge < -0.3 is 5.32 Å². The van der Waals surface area contributed by atoms with Gasteiger partial charge in [0.05, 0.1) is 11.8 Å². The highest BCUT2D eigenvalue weighted by atomic mass is 32.2. The van der Waals surface area contributed by atoms with Gasteiger partial charge in [0.15, 0.2) is 5.78 Å². The van der Waals surface area contributed by atoms with E-state index in [1.54, 1.807) is 23.9 Å². The number of Topliss-reactive ketones (excluding diaryl/α,β-unsaturated/α-hetero) is 1. The summed E-state index contributed by atoms with van der Waals surface area (Å²) in [4.78, 5) is 26.6. The second-order valence-corrected chi connectivity index (χ2v) is 9.13. The van der Waals surface area contributed by atoms with E-state index in [0.717, 1.165) is 29.7 Å². The fraction of sp³-hybridized carbons (Fsp3) is 0.231. The molecule has 1 N–H and O–H groups in total. The lowest BCUT2D eigenvalue weighted by Gasteiger charge is -2.15. The van der Waals surface area contributed by atoms with Gasteiger partial charge in [0.1, 0.15) is 5.82 Å². The van der Waals surface area contributed by atoms with Crippen LogP contribution < -0.4 is 5.32 Å². The Hall–Kier alpha value is -2.92. The molecule has 158 valence electrons. The first-order valence-corrected chi connectivity index (χ1v) is 11.4. The molecule has 0 spiro atoms. The first kappa shape index (κ1) is 21.3. The fourth-order valence-electron chi connectivity index (χ4n) is 3.78. The summed E-state index contributed by atoms with van der Waals surface area (Å²) in [6, 6.07) is 21.3. The predicted molar refractivity (Wildman–Crippen MR) is 123 cm³/mol. The quantitative estimate of drug-likeness (QED) is 0.348. The number of hydrogen-bond donors (Lipinski definition) is 1. The maximum Gasteiger partial charge on any atom is 0.228 e. The van der Waals surface area contributed by atoms with Gasteiger partial charge >= 0.3 is 0 Å². The highest BCUT2D eigenvalue weighted by molar-refractivity contribution is 7.99. The van der Waals surface area contributed by atoms with Crippen molar-refractivity contribution in [3.05, 3.63) is 95.3 Å². The highest BCUT2D eigenvalue weighted by Gasteiger charge is 2.51. The molecule has 0 atom stereocenters. The number of thioether (sulfide) groups is 1. The Morgan fingerprint density at radius 3 is 2.16 bits per heavy atom. The van der Waals surface area contributed by atoms with Gasteiger partial charge in [0, 0.05) is 16.1 Å². The molecule has 0 radical (unpaired) electrons. The summed E-state index contributed by atoms with van der Waals surface area (Å²) in [6.45, 7) is 2.11. The number of ketones is 1. The van der Waals surface area contributed by atoms with Gasteiger partial charge in [0.2, 0.25) is 5.91 Å². The third kappa shape index (κ3) is 4.88. The molecule has 1 saturated carbocycles. The Morgan fingerprint density at radius 2 is 1.58 bits per heavy atom. The van der Waals surface area contributed by atoms with Crippen LogP contribution in [0.2, 0.25) is 0 Å². The molecule has 3 aromatic carbocycles. The molecule has 1 amide bonds. The van der Waals surface area contributed by atoms with Crippen LogP contribution in [-0.2, 0) is 16.6 Å². The molecule has 1 fully saturated rings. The number of benzene rings is 3. The standard InChI is InChI=1S/C26H24FNO2S/c1-2-31-23-13-3-18(4-14-23)17-24(29)28-22-11-7-20(8-12-22)26(15-16-26)25(30)19-5-9-21(27)10-6-19/h3-14H,2,15-17H2,1H3,(H,28,29). The van der Waals surface area contributed by atoms with Crippen molar-refractivity contribution in [2.24, 2.45) is 0 Å². The monoisotopic (exact) mass is 433 g/mol. The van der Waals surface area contributed by atoms with E-state index in [-0.39, 0.29) is 17.5 Å². The van der Waals surface area contributed by atoms with Crippen LogP contribution in [-0.4, -0.2) is 17.4 Å². The number of nitrogens with one attached hydrogen (secondary N) is 1. The van der Waals surface area contributed by atoms with Crippen LogP contribution >= 0.6 is 11.8 Å². The number of carbonyl (C=O) groups excluding carboxylic acids is 2. The van der Waals surface area contributed by atoms with Gasteiger partial charge in [-0.05, 0) is 78.3 Å². The molecule has 0 aliphatic heterocycles. The summed E-state index contributed by atoms with van der Waals surface area (Å²) in [7, 11) is 0. The smallest absolute Gasteiger partial charge is 0.228 e. The number of rotatable bonds is 8. The molecule has 1 aliphatic rings. The maximum atomic E-state index is 13.2. The molecule has 3 nitrogen and oxygen atoms in total. The Balaban J connectivity index is 1.39. The molecule has 4 rings (SSSR count). The molecular formula is C26H24FNO2S. The zero-order chi connectivity index (χ0) is 21.8. The van der Waals surface area contributed by atoms with Crippen molar-refractivity contribution in [3.8, 4) is 0 Å². The summed E-state index contributed by atoms with van der Waals surface area (Å²) in [5.74, 6) is 0.616. The van der Waals surface area contributed by atoms with Crippen molar-refractivity contribution in [2.75, 3.05) is 11.1 Å². The molecule has 0 aromatic heterocycles. The zero-order valence-electron chi connectivity index (χ0n) is 17.4. The average Bonchev–Trinajstić information content (AvgIpc) is 3.58. The summed E-state index contributed by atoms with van der Waals surface area (Å²) in [5.41, 5.74) is 2.61. The number of amides is 1. The molecule has 3 aromatic rings. The van der Waals surface area contributed by atoms with Gasteiger partial charge in [-0.25, -0.2) is 4.39 Å². The molecule has 0 unspecified atom stereocenters. The van der Waals surface area contributed by atoms with E-state index < -0.39 is 5.41 Å². The van der Waals surface area contributed by atoms with Crippen LogP contribution in [0, 0.1) is 5.82 Å². The van der Waals surface area contributed by atoms with Gasteiger partial charge in [-0.15, -0.1) is 11.8 Å². The third-order valence-electron chi connectivity index (χ3n) is 5.61. The Morgan fingerprint density at radius 1 is 0.935 bits per heavy atom. The van der Waals surface area contributed by atoms with Crippen LogP contribution in [0.3, 0.4) is 0 Å². The van der Waals surface area contributed by atoms with Crippen LogP contribution in [0.1, 0.15) is 41.3 Å². The predicted octanol–water partition coefficient (Wildman–Crippen LogP) is 6.03. The average molecular weight is 434 g/mol. The van der Waals surface area contributed by atoms with Crippen LogP contribution in [0.15, 0.2) is 77.7 Å². The van der Waals surface area contributed by atoms with E-state index in [1.165, 1.54) is 17.0 Å². The second kappa shape index (κ2) is 9.06. The van der Waals surface area contributed by atoms with Gasteiger partial charge in [-0.2, -0.15) is 0 Å². The van der Waals surface area contributed by atoms with E-state index in [9.17, 15) is 14.0 Å². The van der Waals surface area contributed by atoms with Crippen molar-refractivity contribution >= 4 is 29.1 Å². The van der Waals surface area contributed by atoms with E-state index in [2.05, 4.69) is 12.2 Å². The van der Waals surface area contributed by atoms with E-state index >= 15 is 0 Å². The van der Waals surface area contributed by atoms with Crippen molar-refractivity contribution in [1.82, 2.24) is 0 Å². The minimum Gasteiger partial charge on any atom is -0.326 e. The number of hydrogen-bond acceptors (Lipinski definition) is 3. The summed E-state index contributed by atoms with van der Waals surface area (Å²) >= 11 is 1.77. The van der Waals surface area contributed by atoms with Crippen molar-refractivity contribution in [1.29, 1.82) is 0 Å². The molecule has 0 bridgehead atoms. The Labute approximate surface area is 186 Å². The first-order chi connectivity index (χ1) is 15.0. The van der Waals surface area contributed by atoms with Crippen LogP contribution in [0.25, 0.3) is 0 Å². The summed E-state index contributed by atoms with van der Waals surface area (Å²) in [6.07, 6.45) is 1.87. The SMILES string of the molecule is CCSc1ccc(CC(=O)Nc2ccc(C3(C(=O)c4ccc(F)cc4)CC3)cc2)cc1. The lowest BCUT2D eigenvalue weighted by atomic mass is 9.87. The molecule has 0 heterocycles. The maximum absolute atomic E-state index is 13.2. The molecule has 5 heteroatoms. The van der Waals surface area contributed by atoms with E-state index in [1.807, 2.05) is 48.5 Å². The zero-order valence-corrected chi connectivity index (χ0v) is 18.2. The molecule has 1 aliphatic carbocycles. The summed E-state index contributed by atoms with van der Waals surface area (Å²) < 4.78 is 13.2. The largest absolute Gasteiger partial charge is 0.326 e. The number of halogens is 1. The van der Waals surface area contributed by atoms with Gasteiger partial charge in [-0.1, -0.05) is 31.2 Å². The second-order valence-electron chi connectivity index (χ2n) is 7.80. The molecule has 0 saturated heterocycles. The topological polar surface area (TPSA) is 46.2 Å².